The van der Waals surface area contributed by atoms with E-state index in [-0.39, 0.29) is 12.3 Å². The van der Waals surface area contributed by atoms with Crippen molar-refractivity contribution in [3.8, 4) is 0 Å². The minimum atomic E-state index is -1.48. The summed E-state index contributed by atoms with van der Waals surface area (Å²) in [5.41, 5.74) is 2.74. The molecule has 2 aliphatic rings. The first-order valence-corrected chi connectivity index (χ1v) is 11.5. The summed E-state index contributed by atoms with van der Waals surface area (Å²) in [6.07, 6.45) is -0.203. The molecule has 3 aromatic rings. The lowest BCUT2D eigenvalue weighted by molar-refractivity contribution is -0.138. The molecule has 0 unspecified atom stereocenters. The van der Waals surface area contributed by atoms with E-state index in [2.05, 4.69) is 16.1 Å². The quantitative estimate of drug-likeness (QED) is 0.495. The number of benzene rings is 3. The maximum absolute atomic E-state index is 13.6. The summed E-state index contributed by atoms with van der Waals surface area (Å²) in [6.45, 7) is 0. The summed E-state index contributed by atoms with van der Waals surface area (Å²) >= 11 is 1.27. The molecule has 1 saturated heterocycles. The van der Waals surface area contributed by atoms with E-state index in [9.17, 15) is 19.2 Å². The van der Waals surface area contributed by atoms with Crippen molar-refractivity contribution in [3.63, 3.8) is 0 Å². The number of hydrogen-bond acceptors (Lipinski definition) is 5. The van der Waals surface area contributed by atoms with Crippen LogP contribution >= 0.6 is 11.8 Å². The van der Waals surface area contributed by atoms with Crippen molar-refractivity contribution in [2.75, 3.05) is 5.32 Å². The highest BCUT2D eigenvalue weighted by Gasteiger charge is 2.54. The Morgan fingerprint density at radius 1 is 0.882 bits per heavy atom. The first-order valence-electron chi connectivity index (χ1n) is 10.6. The minimum absolute atomic E-state index is 0.203. The van der Waals surface area contributed by atoms with Crippen LogP contribution in [0.3, 0.4) is 0 Å². The number of hydrogen-bond donors (Lipinski definition) is 3. The monoisotopic (exact) mass is 472 g/mol. The van der Waals surface area contributed by atoms with Gasteiger partial charge in [-0.3, -0.25) is 19.8 Å². The van der Waals surface area contributed by atoms with Crippen molar-refractivity contribution in [2.24, 2.45) is 0 Å². The highest BCUT2D eigenvalue weighted by molar-refractivity contribution is 8.01. The van der Waals surface area contributed by atoms with Gasteiger partial charge in [-0.2, -0.15) is 5.01 Å². The summed E-state index contributed by atoms with van der Waals surface area (Å²) in [5.74, 6) is -1.55. The zero-order chi connectivity index (χ0) is 23.7. The number of nitrogens with one attached hydrogen (secondary N) is 3. The molecule has 0 aromatic heterocycles. The van der Waals surface area contributed by atoms with Gasteiger partial charge in [0.1, 0.15) is 0 Å². The Bertz CT molecular complexity index is 1240. The van der Waals surface area contributed by atoms with Gasteiger partial charge >= 0.3 is 6.03 Å². The summed E-state index contributed by atoms with van der Waals surface area (Å²) in [7, 11) is 0. The smallest absolute Gasteiger partial charge is 0.324 e. The number of carbonyl (C=O) groups is 4. The lowest BCUT2D eigenvalue weighted by Crippen LogP contribution is -2.50. The summed E-state index contributed by atoms with van der Waals surface area (Å²) in [6, 6.07) is 24.3. The zero-order valence-electron chi connectivity index (χ0n) is 17.9. The number of fused-ring (bicyclic) bond motifs is 1. The van der Waals surface area contributed by atoms with Crippen LogP contribution in [0.1, 0.15) is 17.5 Å². The molecule has 8 nitrogen and oxygen atoms in total. The third-order valence-corrected chi connectivity index (χ3v) is 7.02. The minimum Gasteiger partial charge on any atom is -0.324 e. The molecule has 1 fully saturated rings. The highest BCUT2D eigenvalue weighted by atomic mass is 32.2. The van der Waals surface area contributed by atoms with E-state index in [0.29, 0.717) is 21.8 Å². The Morgan fingerprint density at radius 3 is 2.12 bits per heavy atom. The average molecular weight is 473 g/mol. The van der Waals surface area contributed by atoms with E-state index in [4.69, 9.17) is 0 Å². The van der Waals surface area contributed by atoms with Gasteiger partial charge in [0.25, 0.3) is 5.91 Å². The number of imide groups is 1. The van der Waals surface area contributed by atoms with Crippen LogP contribution in [0.2, 0.25) is 0 Å². The SMILES string of the molecule is O=C(C[C@H]1Sc2ccccc2NC1=O)NN1C(=O)NC(c2ccccc2)(c2ccccc2)C1=O. The second-order valence-corrected chi connectivity index (χ2v) is 9.13. The predicted octanol–water partition coefficient (Wildman–Crippen LogP) is 3.02. The van der Waals surface area contributed by atoms with Crippen molar-refractivity contribution in [1.82, 2.24) is 15.8 Å². The second kappa shape index (κ2) is 8.68. The average Bonchev–Trinajstić information content (AvgIpc) is 3.11. The molecule has 1 atom stereocenters. The number of para-hydroxylation sites is 1. The number of nitrogens with zero attached hydrogens (tertiary/aromatic N) is 1. The zero-order valence-corrected chi connectivity index (χ0v) is 18.7. The Hall–Kier alpha value is -4.11. The largest absolute Gasteiger partial charge is 0.344 e. The normalized spacial score (nSPS) is 18.6. The first kappa shape index (κ1) is 21.7. The van der Waals surface area contributed by atoms with E-state index in [1.165, 1.54) is 11.8 Å². The number of hydrazine groups is 1. The maximum atomic E-state index is 13.6. The molecule has 0 aliphatic carbocycles. The molecule has 0 bridgehead atoms. The number of urea groups is 1. The summed E-state index contributed by atoms with van der Waals surface area (Å²) in [5, 5.41) is 5.56. The fraction of sp³-hybridized carbons (Fsp3) is 0.120. The fourth-order valence-electron chi connectivity index (χ4n) is 4.13. The number of amides is 5. The standard InChI is InChI=1S/C25H20N4O4S/c30-21(15-20-22(31)26-18-13-7-8-14-19(18)34-20)28-29-23(32)25(27-24(29)33,16-9-3-1-4-10-16)17-11-5-2-6-12-17/h1-14,20H,15H2,(H,26,31)(H,27,33)(H,28,30)/t20-/m1/s1. The lowest BCUT2D eigenvalue weighted by atomic mass is 9.83. The Labute approximate surface area is 199 Å². The van der Waals surface area contributed by atoms with Gasteiger partial charge < -0.3 is 10.6 Å². The number of carbonyl (C=O) groups excluding carboxylic acids is 4. The van der Waals surface area contributed by atoms with E-state index in [1.807, 2.05) is 30.3 Å². The van der Waals surface area contributed by atoms with Gasteiger partial charge in [0, 0.05) is 11.3 Å². The molecule has 2 aliphatic heterocycles. The van der Waals surface area contributed by atoms with Gasteiger partial charge in [-0.15, -0.1) is 11.8 Å². The van der Waals surface area contributed by atoms with Crippen molar-refractivity contribution < 1.29 is 19.2 Å². The molecular weight excluding hydrogens is 452 g/mol. The molecule has 170 valence electrons. The first-order chi connectivity index (χ1) is 16.5. The third-order valence-electron chi connectivity index (χ3n) is 5.75. The number of thioether (sulfide) groups is 1. The van der Waals surface area contributed by atoms with Gasteiger partial charge in [0.15, 0.2) is 5.54 Å². The van der Waals surface area contributed by atoms with Crippen molar-refractivity contribution >= 4 is 41.2 Å². The van der Waals surface area contributed by atoms with Gasteiger partial charge in [-0.1, -0.05) is 72.8 Å². The molecule has 3 aromatic carbocycles. The molecule has 0 saturated carbocycles. The lowest BCUT2D eigenvalue weighted by Gasteiger charge is -2.28. The van der Waals surface area contributed by atoms with Crippen LogP contribution in [0, 0.1) is 0 Å². The van der Waals surface area contributed by atoms with E-state index in [1.54, 1.807) is 54.6 Å². The van der Waals surface area contributed by atoms with Gasteiger partial charge in [0.2, 0.25) is 11.8 Å². The highest BCUT2D eigenvalue weighted by Crippen LogP contribution is 2.37. The fourth-order valence-corrected chi connectivity index (χ4v) is 5.24. The molecule has 2 heterocycles. The van der Waals surface area contributed by atoms with Gasteiger partial charge in [-0.05, 0) is 23.3 Å². The molecule has 5 rings (SSSR count). The second-order valence-electron chi connectivity index (χ2n) is 7.88. The van der Waals surface area contributed by atoms with Crippen LogP contribution in [-0.2, 0) is 19.9 Å². The van der Waals surface area contributed by atoms with Crippen LogP contribution in [-0.4, -0.2) is 34.0 Å². The van der Waals surface area contributed by atoms with Crippen LogP contribution < -0.4 is 16.1 Å². The van der Waals surface area contributed by atoms with Crippen LogP contribution in [0.5, 0.6) is 0 Å². The molecule has 34 heavy (non-hydrogen) atoms. The van der Waals surface area contributed by atoms with Crippen molar-refractivity contribution in [1.29, 1.82) is 0 Å². The molecule has 9 heteroatoms. The molecule has 0 spiro atoms. The Morgan fingerprint density at radius 2 is 1.47 bits per heavy atom. The molecule has 5 amide bonds. The number of anilines is 1. The van der Waals surface area contributed by atoms with Gasteiger partial charge in [-0.25, -0.2) is 4.79 Å². The Kier molecular flexibility index (Phi) is 5.54. The van der Waals surface area contributed by atoms with E-state index >= 15 is 0 Å². The van der Waals surface area contributed by atoms with Crippen LogP contribution in [0.4, 0.5) is 10.5 Å². The van der Waals surface area contributed by atoms with Crippen molar-refractivity contribution in [3.05, 3.63) is 96.1 Å². The van der Waals surface area contributed by atoms with Crippen molar-refractivity contribution in [2.45, 2.75) is 22.1 Å². The molecule has 0 radical (unpaired) electrons. The maximum Gasteiger partial charge on any atom is 0.344 e. The third kappa shape index (κ3) is 3.69. The van der Waals surface area contributed by atoms with E-state index < -0.39 is 28.6 Å². The molecular formula is C25H20N4O4S. The van der Waals surface area contributed by atoms with Gasteiger partial charge in [0.05, 0.1) is 10.9 Å². The summed E-state index contributed by atoms with van der Waals surface area (Å²) < 4.78 is 0. The number of rotatable bonds is 5. The topological polar surface area (TPSA) is 108 Å². The van der Waals surface area contributed by atoms with E-state index in [0.717, 1.165) is 4.90 Å². The predicted molar refractivity (Wildman–Crippen MR) is 127 cm³/mol. The van der Waals surface area contributed by atoms with Crippen LogP contribution in [0.15, 0.2) is 89.8 Å². The summed E-state index contributed by atoms with van der Waals surface area (Å²) in [4.78, 5) is 52.7. The van der Waals surface area contributed by atoms with Crippen LogP contribution in [0.25, 0.3) is 0 Å². The Balaban J connectivity index is 1.38. The molecule has 3 N–H and O–H groups in total.